The van der Waals surface area contributed by atoms with Crippen molar-refractivity contribution in [3.8, 4) is 0 Å². The summed E-state index contributed by atoms with van der Waals surface area (Å²) in [7, 11) is 0. The second-order valence-corrected chi connectivity index (χ2v) is 7.62. The maximum absolute atomic E-state index is 13.4. The molecule has 0 bridgehead atoms. The molecule has 0 spiro atoms. The van der Waals surface area contributed by atoms with Crippen molar-refractivity contribution in [2.45, 2.75) is 31.6 Å². The van der Waals surface area contributed by atoms with Gasteiger partial charge in [-0.15, -0.1) is 0 Å². The minimum atomic E-state index is -0.198. The Balaban J connectivity index is 1.31. The lowest BCUT2D eigenvalue weighted by molar-refractivity contribution is -0.134. The highest BCUT2D eigenvalue weighted by Crippen LogP contribution is 2.35. The van der Waals surface area contributed by atoms with Gasteiger partial charge in [0.25, 0.3) is 0 Å². The summed E-state index contributed by atoms with van der Waals surface area (Å²) in [5.41, 5.74) is 2.06. The normalized spacial score (nSPS) is 25.2. The first-order valence-corrected chi connectivity index (χ1v) is 9.58. The second kappa shape index (κ2) is 7.42. The highest BCUT2D eigenvalue weighted by molar-refractivity contribution is 5.85. The molecule has 2 heterocycles. The maximum atomic E-state index is 13.4. The summed E-state index contributed by atoms with van der Waals surface area (Å²) in [5.74, 6) is 0.671. The van der Waals surface area contributed by atoms with Gasteiger partial charge >= 0.3 is 0 Å². The van der Waals surface area contributed by atoms with Crippen LogP contribution in [0.3, 0.4) is 0 Å². The van der Waals surface area contributed by atoms with Crippen LogP contribution in [-0.2, 0) is 16.0 Å². The summed E-state index contributed by atoms with van der Waals surface area (Å²) in [5, 5.41) is 0. The molecule has 3 aliphatic rings. The van der Waals surface area contributed by atoms with Gasteiger partial charge in [0.2, 0.25) is 5.91 Å². The highest BCUT2D eigenvalue weighted by Gasteiger charge is 2.34. The van der Waals surface area contributed by atoms with Crippen LogP contribution in [0.2, 0.25) is 0 Å². The topological polar surface area (TPSA) is 32.8 Å². The van der Waals surface area contributed by atoms with Gasteiger partial charge in [-0.3, -0.25) is 9.69 Å². The summed E-state index contributed by atoms with van der Waals surface area (Å²) in [6.45, 7) is 6.62. The van der Waals surface area contributed by atoms with Crippen LogP contribution in [-0.4, -0.2) is 61.6 Å². The fraction of sp³-hybridized carbons (Fsp3) is 0.650. The lowest BCUT2D eigenvalue weighted by Gasteiger charge is -2.37. The zero-order valence-electron chi connectivity index (χ0n) is 14.8. The molecule has 2 aliphatic heterocycles. The number of hydrogen-bond acceptors (Lipinski definition) is 3. The smallest absolute Gasteiger partial charge is 0.230 e. The standard InChI is InChI=1S/C20H27FN2O2/c21-17-2-4-18-16(13-17)1-3-19(18)20(24)23-7-5-15(6-8-23)14-22-9-11-25-12-10-22/h2,4,13,15,19H,1,3,5-12,14H2. The van der Waals surface area contributed by atoms with Crippen molar-refractivity contribution in [1.29, 1.82) is 0 Å². The van der Waals surface area contributed by atoms with Gasteiger partial charge in [-0.25, -0.2) is 4.39 Å². The van der Waals surface area contributed by atoms with Crippen molar-refractivity contribution in [1.82, 2.24) is 9.80 Å². The lowest BCUT2D eigenvalue weighted by Crippen LogP contribution is -2.45. The van der Waals surface area contributed by atoms with E-state index in [2.05, 4.69) is 4.90 Å². The monoisotopic (exact) mass is 346 g/mol. The van der Waals surface area contributed by atoms with Gasteiger partial charge in [-0.2, -0.15) is 0 Å². The average Bonchev–Trinajstić information content (AvgIpc) is 3.05. The summed E-state index contributed by atoms with van der Waals surface area (Å²) in [4.78, 5) is 17.5. The summed E-state index contributed by atoms with van der Waals surface area (Å²) in [6, 6.07) is 4.89. The molecule has 5 heteroatoms. The van der Waals surface area contributed by atoms with Crippen molar-refractivity contribution in [2.75, 3.05) is 45.9 Å². The van der Waals surface area contributed by atoms with E-state index in [9.17, 15) is 9.18 Å². The van der Waals surface area contributed by atoms with Crippen LogP contribution < -0.4 is 0 Å². The van der Waals surface area contributed by atoms with Crippen LogP contribution in [0.5, 0.6) is 0 Å². The van der Waals surface area contributed by atoms with E-state index in [0.29, 0.717) is 5.92 Å². The Morgan fingerprint density at radius 3 is 2.64 bits per heavy atom. The van der Waals surface area contributed by atoms with Crippen molar-refractivity contribution < 1.29 is 13.9 Å². The number of carbonyl (C=O) groups excluding carboxylic acids is 1. The minimum Gasteiger partial charge on any atom is -0.379 e. The van der Waals surface area contributed by atoms with Gasteiger partial charge in [0.1, 0.15) is 5.82 Å². The van der Waals surface area contributed by atoms with Gasteiger partial charge in [-0.05, 0) is 54.9 Å². The number of piperidine rings is 1. The van der Waals surface area contributed by atoms with Crippen molar-refractivity contribution >= 4 is 5.91 Å². The van der Waals surface area contributed by atoms with Crippen LogP contribution in [0.15, 0.2) is 18.2 Å². The largest absolute Gasteiger partial charge is 0.379 e. The third-order valence-corrected chi connectivity index (χ3v) is 6.03. The molecule has 4 rings (SSSR count). The molecule has 1 aromatic carbocycles. The maximum Gasteiger partial charge on any atom is 0.230 e. The average molecular weight is 346 g/mol. The Morgan fingerprint density at radius 1 is 1.12 bits per heavy atom. The Bertz CT molecular complexity index is 622. The second-order valence-electron chi connectivity index (χ2n) is 7.62. The van der Waals surface area contributed by atoms with Crippen LogP contribution in [0.25, 0.3) is 0 Å². The molecule has 1 unspecified atom stereocenters. The number of hydrogen-bond donors (Lipinski definition) is 0. The summed E-state index contributed by atoms with van der Waals surface area (Å²) < 4.78 is 18.8. The Hall–Kier alpha value is -1.46. The minimum absolute atomic E-state index is 0.0635. The van der Waals surface area contributed by atoms with Crippen molar-refractivity contribution in [2.24, 2.45) is 5.92 Å². The summed E-state index contributed by atoms with van der Waals surface area (Å²) in [6.07, 6.45) is 3.82. The molecule has 136 valence electrons. The third kappa shape index (κ3) is 3.72. The Morgan fingerprint density at radius 2 is 1.88 bits per heavy atom. The molecule has 4 nitrogen and oxygen atoms in total. The molecule has 2 saturated heterocycles. The van der Waals surface area contributed by atoms with Gasteiger partial charge in [0, 0.05) is 32.7 Å². The van der Waals surface area contributed by atoms with E-state index in [4.69, 9.17) is 4.74 Å². The van der Waals surface area contributed by atoms with Crippen LogP contribution >= 0.6 is 0 Å². The molecule has 1 atom stereocenters. The van der Waals surface area contributed by atoms with Crippen molar-refractivity contribution in [3.63, 3.8) is 0 Å². The number of benzene rings is 1. The summed E-state index contributed by atoms with van der Waals surface area (Å²) >= 11 is 0. The SMILES string of the molecule is O=C(C1CCc2cc(F)ccc21)N1CCC(CN2CCOCC2)CC1. The number of halogens is 1. The number of fused-ring (bicyclic) bond motifs is 1. The zero-order valence-corrected chi connectivity index (χ0v) is 14.8. The first-order valence-electron chi connectivity index (χ1n) is 9.58. The molecular weight excluding hydrogens is 319 g/mol. The molecule has 1 amide bonds. The number of carbonyl (C=O) groups is 1. The fourth-order valence-electron chi connectivity index (χ4n) is 4.55. The third-order valence-electron chi connectivity index (χ3n) is 6.03. The van der Waals surface area contributed by atoms with E-state index in [1.807, 2.05) is 11.0 Å². The number of rotatable bonds is 3. The molecular formula is C20H27FN2O2. The number of nitrogens with zero attached hydrogens (tertiary/aromatic N) is 2. The zero-order chi connectivity index (χ0) is 17.2. The number of amides is 1. The van der Waals surface area contributed by atoms with E-state index in [0.717, 1.165) is 82.7 Å². The number of likely N-dealkylation sites (tertiary alicyclic amines) is 1. The molecule has 0 N–H and O–H groups in total. The van der Waals surface area contributed by atoms with Gasteiger partial charge in [-0.1, -0.05) is 6.07 Å². The quantitative estimate of drug-likeness (QED) is 0.843. The predicted octanol–water partition coefficient (Wildman–Crippen LogP) is 2.43. The molecule has 0 radical (unpaired) electrons. The van der Waals surface area contributed by atoms with E-state index < -0.39 is 0 Å². The van der Waals surface area contributed by atoms with Crippen LogP contribution in [0, 0.1) is 11.7 Å². The van der Waals surface area contributed by atoms with Gasteiger partial charge < -0.3 is 9.64 Å². The number of morpholine rings is 1. The predicted molar refractivity (Wildman–Crippen MR) is 94.0 cm³/mol. The van der Waals surface area contributed by atoms with Gasteiger partial charge in [0.05, 0.1) is 19.1 Å². The Kier molecular flexibility index (Phi) is 5.04. The number of ether oxygens (including phenoxy) is 1. The molecule has 0 aromatic heterocycles. The molecule has 2 fully saturated rings. The lowest BCUT2D eigenvalue weighted by atomic mass is 9.93. The van der Waals surface area contributed by atoms with E-state index in [1.54, 1.807) is 6.07 Å². The van der Waals surface area contributed by atoms with Crippen LogP contribution in [0.1, 0.15) is 36.3 Å². The first kappa shape index (κ1) is 17.0. The van der Waals surface area contributed by atoms with E-state index >= 15 is 0 Å². The molecule has 1 aliphatic carbocycles. The number of aryl methyl sites for hydroxylation is 1. The molecule has 25 heavy (non-hydrogen) atoms. The Labute approximate surface area is 148 Å². The first-order chi connectivity index (χ1) is 12.2. The molecule has 0 saturated carbocycles. The van der Waals surface area contributed by atoms with E-state index in [-0.39, 0.29) is 17.6 Å². The fourth-order valence-corrected chi connectivity index (χ4v) is 4.55. The highest BCUT2D eigenvalue weighted by atomic mass is 19.1. The van der Waals surface area contributed by atoms with E-state index in [1.165, 1.54) is 6.07 Å². The van der Waals surface area contributed by atoms with Crippen LogP contribution in [0.4, 0.5) is 4.39 Å². The van der Waals surface area contributed by atoms with Gasteiger partial charge in [0.15, 0.2) is 0 Å². The molecule has 1 aromatic rings. The van der Waals surface area contributed by atoms with Crippen molar-refractivity contribution in [3.05, 3.63) is 35.1 Å².